The van der Waals surface area contributed by atoms with E-state index in [4.69, 9.17) is 37.6 Å². The SMILES string of the molecule is COc1cc(/C=C/C(=O)OC2C(OC3C(Oc4cc(O)c5c(=O)cc(-c6ccc(O)c(OC)c6)oc5c4)OC(C(=O)O)C(O)C3O)OC(C(=O)O)C(O)C2O)ccc1O. The number of carbonyl (C=O) groups is 3. The van der Waals surface area contributed by atoms with Crippen molar-refractivity contribution in [3.8, 4) is 45.8 Å². The first-order valence-corrected chi connectivity index (χ1v) is 17.3. The summed E-state index contributed by atoms with van der Waals surface area (Å²) in [5, 5.41) is 93.3. The zero-order chi connectivity index (χ0) is 42.9. The Morgan fingerprint density at radius 2 is 1.29 bits per heavy atom. The Morgan fingerprint density at radius 3 is 1.92 bits per heavy atom. The van der Waals surface area contributed by atoms with E-state index in [0.29, 0.717) is 5.56 Å². The molecule has 10 atom stereocenters. The highest BCUT2D eigenvalue weighted by Gasteiger charge is 2.55. The summed E-state index contributed by atoms with van der Waals surface area (Å²) in [4.78, 5) is 50.2. The van der Waals surface area contributed by atoms with Crippen molar-refractivity contribution in [1.82, 2.24) is 0 Å². The van der Waals surface area contributed by atoms with Gasteiger partial charge in [-0.05, 0) is 42.0 Å². The highest BCUT2D eigenvalue weighted by atomic mass is 16.8. The van der Waals surface area contributed by atoms with E-state index in [0.717, 1.165) is 24.3 Å². The van der Waals surface area contributed by atoms with Crippen LogP contribution in [0.3, 0.4) is 0 Å². The number of rotatable bonds is 12. The van der Waals surface area contributed by atoms with E-state index in [2.05, 4.69) is 0 Å². The van der Waals surface area contributed by atoms with Gasteiger partial charge in [-0.15, -0.1) is 0 Å². The smallest absolute Gasteiger partial charge is 0.335 e. The van der Waals surface area contributed by atoms with Gasteiger partial charge in [0.2, 0.25) is 6.29 Å². The molecule has 1 aromatic heterocycles. The van der Waals surface area contributed by atoms with Crippen LogP contribution in [-0.4, -0.2) is 139 Å². The number of hydrogen-bond donors (Lipinski definition) is 9. The van der Waals surface area contributed by atoms with Gasteiger partial charge in [0.05, 0.1) is 14.2 Å². The molecule has 2 aliphatic rings. The standard InChI is InChI=1S/C38H36O21/c1-52-22-9-14(3-6-17(22)39)4-8-25(43)56-33-29(46)27(44)32(36(50)51)58-38(33)59-34-30(47)28(45)31(35(48)49)57-37(34)54-16-11-19(41)26-20(42)13-21(55-24(26)12-16)15-5-7-18(40)23(10-15)53-2/h3-13,27-34,37-41,44-47H,1-2H3,(H,48,49)(H,50,51)/b8-4+. The van der Waals surface area contributed by atoms with Crippen molar-refractivity contribution in [2.75, 3.05) is 14.2 Å². The third kappa shape index (κ3) is 8.71. The molecule has 59 heavy (non-hydrogen) atoms. The first-order valence-electron chi connectivity index (χ1n) is 17.3. The van der Waals surface area contributed by atoms with E-state index < -0.39 is 96.2 Å². The quantitative estimate of drug-likeness (QED) is 0.0672. The van der Waals surface area contributed by atoms with Crippen molar-refractivity contribution >= 4 is 35.0 Å². The summed E-state index contributed by atoms with van der Waals surface area (Å²) in [5.41, 5.74) is -0.420. The molecule has 4 aromatic rings. The normalized spacial score (nSPS) is 26.9. The molecule has 21 nitrogen and oxygen atoms in total. The van der Waals surface area contributed by atoms with Crippen LogP contribution in [0.25, 0.3) is 28.4 Å². The van der Waals surface area contributed by atoms with Crippen LogP contribution >= 0.6 is 0 Å². The molecule has 9 N–H and O–H groups in total. The largest absolute Gasteiger partial charge is 0.507 e. The summed E-state index contributed by atoms with van der Waals surface area (Å²) in [5.74, 6) is -6.27. The average Bonchev–Trinajstić information content (AvgIpc) is 3.19. The Morgan fingerprint density at radius 1 is 0.695 bits per heavy atom. The summed E-state index contributed by atoms with van der Waals surface area (Å²) >= 11 is 0. The van der Waals surface area contributed by atoms with Crippen LogP contribution in [0, 0.1) is 0 Å². The molecular weight excluding hydrogens is 792 g/mol. The van der Waals surface area contributed by atoms with Crippen LogP contribution in [0.1, 0.15) is 5.56 Å². The fourth-order valence-electron chi connectivity index (χ4n) is 6.27. The van der Waals surface area contributed by atoms with E-state index in [1.165, 1.54) is 56.7 Å². The molecule has 2 saturated heterocycles. The first-order chi connectivity index (χ1) is 28.0. The zero-order valence-electron chi connectivity index (χ0n) is 30.5. The lowest BCUT2D eigenvalue weighted by Gasteiger charge is -2.45. The number of phenolic OH excluding ortho intramolecular Hbond substituents is 3. The maximum absolute atomic E-state index is 13.1. The number of hydrogen-bond acceptors (Lipinski definition) is 19. The summed E-state index contributed by atoms with van der Waals surface area (Å²) in [6, 6.07) is 11.1. The minimum absolute atomic E-state index is 0.0432. The van der Waals surface area contributed by atoms with E-state index in [9.17, 15) is 65.1 Å². The lowest BCUT2D eigenvalue weighted by Crippen LogP contribution is -2.66. The van der Waals surface area contributed by atoms with Crippen LogP contribution in [0.15, 0.2) is 69.9 Å². The van der Waals surface area contributed by atoms with Gasteiger partial charge in [-0.2, -0.15) is 0 Å². The maximum Gasteiger partial charge on any atom is 0.335 e. The van der Waals surface area contributed by atoms with Crippen LogP contribution < -0.4 is 19.6 Å². The Kier molecular flexibility index (Phi) is 12.3. The maximum atomic E-state index is 13.1. The summed E-state index contributed by atoms with van der Waals surface area (Å²) in [6.07, 6.45) is -19.8. The molecule has 3 aromatic carbocycles. The third-order valence-corrected chi connectivity index (χ3v) is 9.24. The number of aliphatic hydroxyl groups excluding tert-OH is 4. The lowest BCUT2D eigenvalue weighted by atomic mass is 9.96. The fourth-order valence-corrected chi connectivity index (χ4v) is 6.27. The topological polar surface area (TPSA) is 328 Å². The monoisotopic (exact) mass is 828 g/mol. The number of benzene rings is 3. The van der Waals surface area contributed by atoms with Crippen LogP contribution in [0.2, 0.25) is 0 Å². The molecule has 2 aliphatic heterocycles. The van der Waals surface area contributed by atoms with Gasteiger partial charge in [-0.3, -0.25) is 4.79 Å². The van der Waals surface area contributed by atoms with Gasteiger partial charge in [-0.1, -0.05) is 6.07 Å². The second-order valence-corrected chi connectivity index (χ2v) is 13.1. The van der Waals surface area contributed by atoms with Gasteiger partial charge >= 0.3 is 17.9 Å². The van der Waals surface area contributed by atoms with Gasteiger partial charge < -0.3 is 83.5 Å². The van der Waals surface area contributed by atoms with Crippen molar-refractivity contribution < 1.29 is 97.9 Å². The second kappa shape index (κ2) is 17.2. The number of phenols is 3. The van der Waals surface area contributed by atoms with Gasteiger partial charge in [-0.25, -0.2) is 14.4 Å². The molecule has 314 valence electrons. The van der Waals surface area contributed by atoms with Gasteiger partial charge in [0, 0.05) is 29.8 Å². The number of aliphatic hydroxyl groups is 4. The zero-order valence-corrected chi connectivity index (χ0v) is 30.5. The Labute approximate surface area is 330 Å². The molecule has 0 amide bonds. The number of carbonyl (C=O) groups excluding carboxylic acids is 1. The second-order valence-electron chi connectivity index (χ2n) is 13.1. The molecule has 0 spiro atoms. The number of methoxy groups -OCH3 is 2. The summed E-state index contributed by atoms with van der Waals surface area (Å²) in [7, 11) is 2.59. The number of aliphatic carboxylic acids is 2. The molecule has 6 rings (SSSR count). The molecule has 3 heterocycles. The molecule has 10 unspecified atom stereocenters. The predicted molar refractivity (Wildman–Crippen MR) is 193 cm³/mol. The molecule has 0 bridgehead atoms. The Balaban J connectivity index is 1.33. The number of carboxylic acid groups (broad SMARTS) is 2. The Hall–Kier alpha value is -6.46. The molecule has 0 saturated carbocycles. The van der Waals surface area contributed by atoms with Crippen molar-refractivity contribution in [3.63, 3.8) is 0 Å². The lowest BCUT2D eigenvalue weighted by molar-refractivity contribution is -0.350. The van der Waals surface area contributed by atoms with E-state index in [1.54, 1.807) is 0 Å². The number of carboxylic acids is 2. The molecule has 0 aliphatic carbocycles. The third-order valence-electron chi connectivity index (χ3n) is 9.24. The fraction of sp³-hybridized carbons (Fsp3) is 0.316. The van der Waals surface area contributed by atoms with Gasteiger partial charge in [0.1, 0.15) is 52.6 Å². The number of ether oxygens (including phenoxy) is 7. The van der Waals surface area contributed by atoms with Crippen molar-refractivity contribution in [2.24, 2.45) is 0 Å². The molecule has 0 radical (unpaired) electrons. The van der Waals surface area contributed by atoms with Crippen molar-refractivity contribution in [1.29, 1.82) is 0 Å². The van der Waals surface area contributed by atoms with Crippen LogP contribution in [-0.2, 0) is 33.3 Å². The van der Waals surface area contributed by atoms with Crippen LogP contribution in [0.5, 0.6) is 34.5 Å². The highest BCUT2D eigenvalue weighted by Crippen LogP contribution is 2.37. The van der Waals surface area contributed by atoms with Crippen molar-refractivity contribution in [3.05, 3.63) is 76.5 Å². The number of fused-ring (bicyclic) bond motifs is 1. The minimum Gasteiger partial charge on any atom is -0.507 e. The summed E-state index contributed by atoms with van der Waals surface area (Å²) < 4.78 is 43.7. The average molecular weight is 829 g/mol. The number of esters is 1. The van der Waals surface area contributed by atoms with E-state index >= 15 is 0 Å². The summed E-state index contributed by atoms with van der Waals surface area (Å²) in [6.45, 7) is 0. The van der Waals surface area contributed by atoms with Gasteiger partial charge in [0.25, 0.3) is 0 Å². The molecular formula is C38H36O21. The molecule has 2 fully saturated rings. The molecule has 21 heteroatoms. The minimum atomic E-state index is -2.27. The Bertz CT molecular complexity index is 2320. The highest BCUT2D eigenvalue weighted by molar-refractivity contribution is 5.88. The van der Waals surface area contributed by atoms with Crippen molar-refractivity contribution in [2.45, 2.75) is 61.4 Å². The number of aromatic hydroxyl groups is 3. The first kappa shape index (κ1) is 42.2. The van der Waals surface area contributed by atoms with Crippen LogP contribution in [0.4, 0.5) is 0 Å². The van der Waals surface area contributed by atoms with E-state index in [1.807, 2.05) is 0 Å². The van der Waals surface area contributed by atoms with E-state index in [-0.39, 0.29) is 45.3 Å². The predicted octanol–water partition coefficient (Wildman–Crippen LogP) is 0.0458. The van der Waals surface area contributed by atoms with Gasteiger partial charge in [0.15, 0.2) is 59.1 Å².